The predicted molar refractivity (Wildman–Crippen MR) is 62.0 cm³/mol. The second-order valence-electron chi connectivity index (χ2n) is 4.76. The number of aromatic hydroxyl groups is 1. The maximum atomic E-state index is 9.93. The largest absolute Gasteiger partial charge is 0.504 e. The molecule has 3 heteroatoms. The Hall–Kier alpha value is -1.22. The van der Waals surface area contributed by atoms with E-state index in [1.807, 2.05) is 19.9 Å². The Morgan fingerprint density at radius 2 is 2.00 bits per heavy atom. The van der Waals surface area contributed by atoms with Crippen LogP contribution in [0.2, 0.25) is 0 Å². The quantitative estimate of drug-likeness (QED) is 0.823. The van der Waals surface area contributed by atoms with E-state index < -0.39 is 5.60 Å². The van der Waals surface area contributed by atoms with E-state index in [9.17, 15) is 10.2 Å². The number of aryl methyl sites for hydroxylation is 1. The van der Waals surface area contributed by atoms with Gasteiger partial charge >= 0.3 is 0 Å². The zero-order chi connectivity index (χ0) is 11.9. The van der Waals surface area contributed by atoms with Crippen LogP contribution in [0, 0.1) is 13.8 Å². The van der Waals surface area contributed by atoms with Gasteiger partial charge in [0.1, 0.15) is 0 Å². The molecule has 2 rings (SSSR count). The normalized spacial score (nSPS) is 17.2. The topological polar surface area (TPSA) is 49.7 Å². The fraction of sp³-hybridized carbons (Fsp3) is 0.538. The van der Waals surface area contributed by atoms with Crippen LogP contribution < -0.4 is 4.74 Å². The van der Waals surface area contributed by atoms with Crippen LogP contribution in [-0.4, -0.2) is 22.9 Å². The third-order valence-corrected chi connectivity index (χ3v) is 3.35. The molecule has 0 radical (unpaired) electrons. The van der Waals surface area contributed by atoms with Crippen molar-refractivity contribution in [2.75, 3.05) is 7.11 Å². The summed E-state index contributed by atoms with van der Waals surface area (Å²) < 4.78 is 5.20. The summed E-state index contributed by atoms with van der Waals surface area (Å²) in [5.74, 6) is 0.728. The second kappa shape index (κ2) is 3.67. The first-order valence-electron chi connectivity index (χ1n) is 5.55. The SMILES string of the molecule is COc1c(C)c(CC2(O)CC2)cc(C)c1O. The van der Waals surface area contributed by atoms with Crippen LogP contribution in [0.15, 0.2) is 6.07 Å². The number of phenols is 1. The highest BCUT2D eigenvalue weighted by molar-refractivity contribution is 5.54. The lowest BCUT2D eigenvalue weighted by Crippen LogP contribution is -2.12. The molecule has 1 aliphatic rings. The molecule has 88 valence electrons. The summed E-state index contributed by atoms with van der Waals surface area (Å²) in [6.07, 6.45) is 2.39. The highest BCUT2D eigenvalue weighted by Gasteiger charge is 2.40. The Morgan fingerprint density at radius 3 is 2.50 bits per heavy atom. The molecular weight excluding hydrogens is 204 g/mol. The molecule has 0 atom stereocenters. The van der Waals surface area contributed by atoms with E-state index in [4.69, 9.17) is 4.74 Å². The first kappa shape index (κ1) is 11.3. The average Bonchev–Trinajstić information content (AvgIpc) is 2.94. The summed E-state index contributed by atoms with van der Waals surface area (Å²) in [6.45, 7) is 3.76. The molecule has 1 aromatic rings. The first-order valence-corrected chi connectivity index (χ1v) is 5.55. The number of hydrogen-bond donors (Lipinski definition) is 2. The van der Waals surface area contributed by atoms with Crippen molar-refractivity contribution < 1.29 is 14.9 Å². The van der Waals surface area contributed by atoms with Crippen molar-refractivity contribution in [3.63, 3.8) is 0 Å². The Labute approximate surface area is 95.7 Å². The lowest BCUT2D eigenvalue weighted by Gasteiger charge is -2.16. The van der Waals surface area contributed by atoms with Gasteiger partial charge in [-0.1, -0.05) is 6.07 Å². The molecule has 2 N–H and O–H groups in total. The number of hydrogen-bond acceptors (Lipinski definition) is 3. The zero-order valence-electron chi connectivity index (χ0n) is 10.0. The van der Waals surface area contributed by atoms with Gasteiger partial charge in [-0.25, -0.2) is 0 Å². The molecule has 1 saturated carbocycles. The van der Waals surface area contributed by atoms with Crippen molar-refractivity contribution >= 4 is 0 Å². The highest BCUT2D eigenvalue weighted by Crippen LogP contribution is 2.42. The molecule has 0 bridgehead atoms. The van der Waals surface area contributed by atoms with Crippen LogP contribution in [0.4, 0.5) is 0 Å². The Balaban J connectivity index is 2.41. The van der Waals surface area contributed by atoms with Gasteiger partial charge in [0, 0.05) is 6.42 Å². The van der Waals surface area contributed by atoms with Gasteiger partial charge in [0.05, 0.1) is 12.7 Å². The van der Waals surface area contributed by atoms with E-state index in [0.29, 0.717) is 12.2 Å². The molecule has 0 saturated heterocycles. The summed E-state index contributed by atoms with van der Waals surface area (Å²) in [6, 6.07) is 1.93. The third kappa shape index (κ3) is 1.87. The maximum Gasteiger partial charge on any atom is 0.163 e. The maximum absolute atomic E-state index is 9.93. The van der Waals surface area contributed by atoms with Gasteiger partial charge in [-0.2, -0.15) is 0 Å². The molecule has 1 fully saturated rings. The Kier molecular flexibility index (Phi) is 2.58. The standard InChI is InChI=1S/C13H18O3/c1-8-6-10(7-13(15)4-5-13)9(2)12(16-3)11(8)14/h6,14-15H,4-5,7H2,1-3H3. The van der Waals surface area contributed by atoms with Gasteiger partial charge in [0.25, 0.3) is 0 Å². The summed E-state index contributed by atoms with van der Waals surface area (Å²) in [5.41, 5.74) is 2.26. The van der Waals surface area contributed by atoms with Crippen LogP contribution in [-0.2, 0) is 6.42 Å². The molecule has 0 heterocycles. The first-order chi connectivity index (χ1) is 7.47. The molecule has 0 amide bonds. The monoisotopic (exact) mass is 222 g/mol. The number of benzene rings is 1. The molecule has 1 aliphatic carbocycles. The van der Waals surface area contributed by atoms with E-state index in [2.05, 4.69) is 0 Å². The van der Waals surface area contributed by atoms with Crippen molar-refractivity contribution in [3.8, 4) is 11.5 Å². The van der Waals surface area contributed by atoms with Gasteiger partial charge in [0.15, 0.2) is 11.5 Å². The summed E-state index contributed by atoms with van der Waals surface area (Å²) in [5, 5.41) is 19.8. The smallest absolute Gasteiger partial charge is 0.163 e. The number of rotatable bonds is 3. The van der Waals surface area contributed by atoms with Crippen LogP contribution in [0.3, 0.4) is 0 Å². The summed E-state index contributed by atoms with van der Waals surface area (Å²) in [4.78, 5) is 0. The summed E-state index contributed by atoms with van der Waals surface area (Å²) >= 11 is 0. The van der Waals surface area contributed by atoms with Crippen molar-refractivity contribution in [1.82, 2.24) is 0 Å². The second-order valence-corrected chi connectivity index (χ2v) is 4.76. The van der Waals surface area contributed by atoms with Crippen LogP contribution in [0.25, 0.3) is 0 Å². The Bertz CT molecular complexity index is 420. The minimum absolute atomic E-state index is 0.200. The highest BCUT2D eigenvalue weighted by atomic mass is 16.5. The van der Waals surface area contributed by atoms with Crippen molar-refractivity contribution in [2.24, 2.45) is 0 Å². The van der Waals surface area contributed by atoms with E-state index in [1.165, 1.54) is 0 Å². The molecule has 1 aromatic carbocycles. The van der Waals surface area contributed by atoms with E-state index in [-0.39, 0.29) is 5.75 Å². The molecule has 0 unspecified atom stereocenters. The van der Waals surface area contributed by atoms with Gasteiger partial charge in [-0.3, -0.25) is 0 Å². The fourth-order valence-corrected chi connectivity index (χ4v) is 2.05. The molecular formula is C13H18O3. The number of methoxy groups -OCH3 is 1. The third-order valence-electron chi connectivity index (χ3n) is 3.35. The van der Waals surface area contributed by atoms with Gasteiger partial charge in [0.2, 0.25) is 0 Å². The van der Waals surface area contributed by atoms with Gasteiger partial charge in [-0.05, 0) is 43.4 Å². The summed E-state index contributed by atoms with van der Waals surface area (Å²) in [7, 11) is 1.55. The molecule has 0 aromatic heterocycles. The van der Waals surface area contributed by atoms with Crippen molar-refractivity contribution in [3.05, 3.63) is 22.8 Å². The number of ether oxygens (including phenoxy) is 1. The molecule has 0 spiro atoms. The lowest BCUT2D eigenvalue weighted by atomic mass is 9.97. The van der Waals surface area contributed by atoms with Gasteiger partial charge < -0.3 is 14.9 Å². The zero-order valence-corrected chi connectivity index (χ0v) is 10.0. The van der Waals surface area contributed by atoms with Crippen LogP contribution >= 0.6 is 0 Å². The fourth-order valence-electron chi connectivity index (χ4n) is 2.05. The van der Waals surface area contributed by atoms with E-state index in [0.717, 1.165) is 29.5 Å². The minimum atomic E-state index is -0.515. The number of phenolic OH excluding ortho intramolecular Hbond substituents is 1. The average molecular weight is 222 g/mol. The number of aliphatic hydroxyl groups is 1. The van der Waals surface area contributed by atoms with Gasteiger partial charge in [-0.15, -0.1) is 0 Å². The predicted octanol–water partition coefficient (Wildman–Crippen LogP) is 2.09. The Morgan fingerprint density at radius 1 is 1.38 bits per heavy atom. The van der Waals surface area contributed by atoms with E-state index >= 15 is 0 Å². The van der Waals surface area contributed by atoms with Crippen molar-refractivity contribution in [1.29, 1.82) is 0 Å². The van der Waals surface area contributed by atoms with Crippen LogP contribution in [0.1, 0.15) is 29.5 Å². The minimum Gasteiger partial charge on any atom is -0.504 e. The van der Waals surface area contributed by atoms with Crippen LogP contribution in [0.5, 0.6) is 11.5 Å². The lowest BCUT2D eigenvalue weighted by molar-refractivity contribution is 0.150. The van der Waals surface area contributed by atoms with E-state index in [1.54, 1.807) is 7.11 Å². The molecule has 16 heavy (non-hydrogen) atoms. The molecule has 3 nitrogen and oxygen atoms in total. The van der Waals surface area contributed by atoms with Crippen molar-refractivity contribution in [2.45, 2.75) is 38.7 Å². The molecule has 0 aliphatic heterocycles.